The third kappa shape index (κ3) is 4.72. The standard InChI is InChI=1S/C33H25N3O4/c34-19-25-29(21-11-3-1-4-12-21)31(22-13-5-2-6-14-22)40-32(25)36-28(37)20-39-33(38)30-23-15-7-9-17-26(23)35-27-18-10-8-16-24(27)30/h1-7,9,11-15,17H,8,10,16,18,20H2,(H,36,37). The van der Waals surface area contributed by atoms with Crippen LogP contribution in [0.4, 0.5) is 5.88 Å². The molecule has 7 heteroatoms. The molecule has 0 spiro atoms. The number of amides is 1. The van der Waals surface area contributed by atoms with Gasteiger partial charge in [0, 0.05) is 22.2 Å². The van der Waals surface area contributed by atoms with E-state index in [0.29, 0.717) is 22.3 Å². The van der Waals surface area contributed by atoms with Crippen molar-refractivity contribution in [3.8, 4) is 28.5 Å². The van der Waals surface area contributed by atoms with Crippen molar-refractivity contribution >= 4 is 28.7 Å². The number of aromatic nitrogens is 1. The van der Waals surface area contributed by atoms with Crippen molar-refractivity contribution in [3.63, 3.8) is 0 Å². The first-order valence-corrected chi connectivity index (χ1v) is 13.2. The van der Waals surface area contributed by atoms with Gasteiger partial charge in [0.15, 0.2) is 6.61 Å². The molecule has 6 rings (SSSR count). The summed E-state index contributed by atoms with van der Waals surface area (Å²) in [5.74, 6) is -0.703. The van der Waals surface area contributed by atoms with Crippen LogP contribution in [0.1, 0.15) is 40.0 Å². The molecule has 196 valence electrons. The number of nitrogens with zero attached hydrogens (tertiary/aromatic N) is 2. The average molecular weight is 528 g/mol. The van der Waals surface area contributed by atoms with Crippen LogP contribution in [0, 0.1) is 11.3 Å². The van der Waals surface area contributed by atoms with Gasteiger partial charge in [-0.15, -0.1) is 0 Å². The van der Waals surface area contributed by atoms with Crippen LogP contribution in [0.3, 0.4) is 0 Å². The normalized spacial score (nSPS) is 12.4. The fourth-order valence-electron chi connectivity index (χ4n) is 5.27. The second kappa shape index (κ2) is 10.9. The zero-order valence-electron chi connectivity index (χ0n) is 21.6. The van der Waals surface area contributed by atoms with E-state index < -0.39 is 18.5 Å². The van der Waals surface area contributed by atoms with Gasteiger partial charge in [-0.3, -0.25) is 15.1 Å². The number of aryl methyl sites for hydroxylation is 1. The van der Waals surface area contributed by atoms with Crippen LogP contribution in [-0.2, 0) is 22.4 Å². The largest absolute Gasteiger partial charge is 0.452 e. The number of hydrogen-bond donors (Lipinski definition) is 1. The quantitative estimate of drug-likeness (QED) is 0.246. The Hall–Kier alpha value is -5.22. The van der Waals surface area contributed by atoms with Gasteiger partial charge in [-0.05, 0) is 42.9 Å². The van der Waals surface area contributed by atoms with E-state index in [9.17, 15) is 14.9 Å². The van der Waals surface area contributed by atoms with Crippen molar-refractivity contribution in [2.24, 2.45) is 0 Å². The van der Waals surface area contributed by atoms with E-state index in [2.05, 4.69) is 11.4 Å². The van der Waals surface area contributed by atoms with Gasteiger partial charge in [-0.2, -0.15) is 5.26 Å². The Bertz CT molecular complexity index is 1770. The molecule has 0 unspecified atom stereocenters. The highest BCUT2D eigenvalue weighted by atomic mass is 16.5. The Morgan fingerprint density at radius 1 is 0.900 bits per heavy atom. The maximum atomic E-state index is 13.3. The molecule has 0 saturated heterocycles. The van der Waals surface area contributed by atoms with Crippen molar-refractivity contribution in [1.29, 1.82) is 5.26 Å². The lowest BCUT2D eigenvalue weighted by molar-refractivity contribution is -0.119. The van der Waals surface area contributed by atoms with Gasteiger partial charge in [0.25, 0.3) is 5.91 Å². The number of carbonyl (C=O) groups is 2. The summed E-state index contributed by atoms with van der Waals surface area (Å²) in [6, 6.07) is 28.4. The van der Waals surface area contributed by atoms with Gasteiger partial charge in [0.1, 0.15) is 17.4 Å². The first kappa shape index (κ1) is 25.1. The highest BCUT2D eigenvalue weighted by Gasteiger charge is 2.26. The molecule has 1 aliphatic carbocycles. The number of pyridine rings is 1. The van der Waals surface area contributed by atoms with Crippen molar-refractivity contribution in [3.05, 3.63) is 107 Å². The molecule has 1 N–H and O–H groups in total. The van der Waals surface area contributed by atoms with Crippen molar-refractivity contribution in [2.75, 3.05) is 11.9 Å². The summed E-state index contributed by atoms with van der Waals surface area (Å²) in [7, 11) is 0. The monoisotopic (exact) mass is 527 g/mol. The van der Waals surface area contributed by atoms with E-state index in [0.717, 1.165) is 53.6 Å². The minimum absolute atomic E-state index is 0.00740. The van der Waals surface area contributed by atoms with Gasteiger partial charge < -0.3 is 9.15 Å². The minimum atomic E-state index is -0.606. The third-order valence-electron chi connectivity index (χ3n) is 7.08. The van der Waals surface area contributed by atoms with Crippen molar-refractivity contribution in [1.82, 2.24) is 4.98 Å². The molecule has 0 saturated carbocycles. The summed E-state index contributed by atoms with van der Waals surface area (Å²) >= 11 is 0. The summed E-state index contributed by atoms with van der Waals surface area (Å²) in [5.41, 5.74) is 5.33. The lowest BCUT2D eigenvalue weighted by Crippen LogP contribution is -2.22. The van der Waals surface area contributed by atoms with Crippen molar-refractivity contribution < 1.29 is 18.7 Å². The van der Waals surface area contributed by atoms with Crippen LogP contribution in [-0.4, -0.2) is 23.5 Å². The van der Waals surface area contributed by atoms with Gasteiger partial charge in [0.2, 0.25) is 5.88 Å². The Kier molecular flexibility index (Phi) is 6.82. The molecule has 1 aliphatic rings. The number of para-hydroxylation sites is 1. The van der Waals surface area contributed by atoms with E-state index in [4.69, 9.17) is 14.1 Å². The highest BCUT2D eigenvalue weighted by Crippen LogP contribution is 2.41. The predicted molar refractivity (Wildman–Crippen MR) is 152 cm³/mol. The maximum Gasteiger partial charge on any atom is 0.339 e. The lowest BCUT2D eigenvalue weighted by atomic mass is 9.90. The molecule has 2 aromatic heterocycles. The summed E-state index contributed by atoms with van der Waals surface area (Å²) in [6.45, 7) is -0.531. The lowest BCUT2D eigenvalue weighted by Gasteiger charge is -2.19. The van der Waals surface area contributed by atoms with E-state index in [1.807, 2.05) is 84.9 Å². The van der Waals surface area contributed by atoms with Crippen LogP contribution >= 0.6 is 0 Å². The Balaban J connectivity index is 1.28. The molecule has 0 bridgehead atoms. The number of ether oxygens (including phenoxy) is 1. The number of nitrogens with one attached hydrogen (secondary N) is 1. The first-order valence-electron chi connectivity index (χ1n) is 13.2. The molecule has 7 nitrogen and oxygen atoms in total. The van der Waals surface area contributed by atoms with Gasteiger partial charge in [-0.25, -0.2) is 4.79 Å². The minimum Gasteiger partial charge on any atom is -0.452 e. The zero-order valence-corrected chi connectivity index (χ0v) is 21.6. The van der Waals surface area contributed by atoms with Crippen LogP contribution in [0.5, 0.6) is 0 Å². The second-order valence-corrected chi connectivity index (χ2v) is 9.61. The van der Waals surface area contributed by atoms with E-state index in [-0.39, 0.29) is 11.4 Å². The molecule has 5 aromatic rings. The zero-order chi connectivity index (χ0) is 27.5. The molecular weight excluding hydrogens is 502 g/mol. The number of fused-ring (bicyclic) bond motifs is 2. The van der Waals surface area contributed by atoms with Gasteiger partial charge in [-0.1, -0.05) is 78.9 Å². The van der Waals surface area contributed by atoms with E-state index in [1.54, 1.807) is 0 Å². The SMILES string of the molecule is N#Cc1c(NC(=O)COC(=O)c2c3c(nc4ccccc24)CCCC3)oc(-c2ccccc2)c1-c1ccccc1. The van der Waals surface area contributed by atoms with Crippen LogP contribution in [0.2, 0.25) is 0 Å². The van der Waals surface area contributed by atoms with Gasteiger partial charge in [0.05, 0.1) is 11.1 Å². The van der Waals surface area contributed by atoms with Gasteiger partial charge >= 0.3 is 5.97 Å². The van der Waals surface area contributed by atoms with Crippen LogP contribution in [0.15, 0.2) is 89.3 Å². The van der Waals surface area contributed by atoms with Crippen LogP contribution < -0.4 is 5.32 Å². The number of anilines is 1. The molecular formula is C33H25N3O4. The molecule has 0 atom stereocenters. The molecule has 0 radical (unpaired) electrons. The van der Waals surface area contributed by atoms with E-state index >= 15 is 0 Å². The smallest absolute Gasteiger partial charge is 0.339 e. The molecule has 3 aromatic carbocycles. The molecule has 40 heavy (non-hydrogen) atoms. The first-order chi connectivity index (χ1) is 19.6. The average Bonchev–Trinajstić information content (AvgIpc) is 3.37. The molecule has 0 fully saturated rings. The number of hydrogen-bond acceptors (Lipinski definition) is 6. The van der Waals surface area contributed by atoms with Crippen LogP contribution in [0.25, 0.3) is 33.4 Å². The second-order valence-electron chi connectivity index (χ2n) is 9.61. The fourth-order valence-corrected chi connectivity index (χ4v) is 5.27. The third-order valence-corrected chi connectivity index (χ3v) is 7.08. The summed E-state index contributed by atoms with van der Waals surface area (Å²) < 4.78 is 11.6. The van der Waals surface area contributed by atoms with E-state index in [1.165, 1.54) is 0 Å². The summed E-state index contributed by atoms with van der Waals surface area (Å²) in [4.78, 5) is 31.1. The number of nitriles is 1. The number of furan rings is 1. The molecule has 2 heterocycles. The number of carbonyl (C=O) groups excluding carboxylic acids is 2. The maximum absolute atomic E-state index is 13.3. The Morgan fingerprint density at radius 2 is 1.57 bits per heavy atom. The summed E-state index contributed by atoms with van der Waals surface area (Å²) in [6.07, 6.45) is 3.54. The highest BCUT2D eigenvalue weighted by molar-refractivity contribution is 6.06. The number of esters is 1. The molecule has 1 amide bonds. The topological polar surface area (TPSA) is 105 Å². The number of rotatable bonds is 6. The fraction of sp³-hybridized carbons (Fsp3) is 0.152. The number of benzene rings is 3. The molecule has 0 aliphatic heterocycles. The van der Waals surface area contributed by atoms with Crippen molar-refractivity contribution in [2.45, 2.75) is 25.7 Å². The Morgan fingerprint density at radius 3 is 2.33 bits per heavy atom. The summed E-state index contributed by atoms with van der Waals surface area (Å²) in [5, 5.41) is 13.4. The predicted octanol–water partition coefficient (Wildman–Crippen LogP) is 6.71. The Labute approximate surface area is 231 Å².